The van der Waals surface area contributed by atoms with Gasteiger partial charge in [-0.15, -0.1) is 0 Å². The number of carbonyl (C=O) groups is 1. The summed E-state index contributed by atoms with van der Waals surface area (Å²) in [5, 5.41) is 6.02. The van der Waals surface area contributed by atoms with Crippen molar-refractivity contribution in [1.29, 1.82) is 0 Å². The first-order valence-corrected chi connectivity index (χ1v) is 8.36. The molecule has 0 aliphatic carbocycles. The van der Waals surface area contributed by atoms with Gasteiger partial charge in [0.25, 0.3) is 0 Å². The minimum atomic E-state index is -0.112. The van der Waals surface area contributed by atoms with E-state index in [2.05, 4.69) is 20.6 Å². The lowest BCUT2D eigenvalue weighted by Gasteiger charge is -2.08. The Morgan fingerprint density at radius 3 is 2.62 bits per heavy atom. The van der Waals surface area contributed by atoms with Crippen LogP contribution in [0.2, 0.25) is 0 Å². The molecule has 0 radical (unpaired) electrons. The lowest BCUT2D eigenvalue weighted by Crippen LogP contribution is -2.15. The summed E-state index contributed by atoms with van der Waals surface area (Å²) in [6, 6.07) is 17.0. The Kier molecular flexibility index (Phi) is 6.14. The zero-order chi connectivity index (χ0) is 18.0. The van der Waals surface area contributed by atoms with Crippen LogP contribution in [-0.2, 0) is 11.3 Å². The highest BCUT2D eigenvalue weighted by Gasteiger charge is 2.04. The van der Waals surface area contributed by atoms with Crippen LogP contribution in [-0.4, -0.2) is 22.5 Å². The van der Waals surface area contributed by atoms with E-state index in [1.54, 1.807) is 18.6 Å². The molecule has 0 bridgehead atoms. The molecule has 0 aliphatic heterocycles. The molecule has 1 aromatic carbocycles. The summed E-state index contributed by atoms with van der Waals surface area (Å²) >= 11 is 0. The topological polar surface area (TPSA) is 76.1 Å². The van der Waals surface area contributed by atoms with E-state index in [0.29, 0.717) is 18.8 Å². The Morgan fingerprint density at radius 1 is 1.00 bits per heavy atom. The van der Waals surface area contributed by atoms with Gasteiger partial charge in [0, 0.05) is 18.9 Å². The van der Waals surface area contributed by atoms with Crippen LogP contribution in [0.5, 0.6) is 5.75 Å². The van der Waals surface area contributed by atoms with Crippen LogP contribution in [0.1, 0.15) is 12.0 Å². The molecule has 132 valence electrons. The Labute approximate surface area is 152 Å². The monoisotopic (exact) mass is 348 g/mol. The fourth-order valence-corrected chi connectivity index (χ4v) is 2.27. The van der Waals surface area contributed by atoms with Gasteiger partial charge in [-0.25, -0.2) is 4.98 Å². The summed E-state index contributed by atoms with van der Waals surface area (Å²) < 4.78 is 5.52. The fourth-order valence-electron chi connectivity index (χ4n) is 2.27. The highest BCUT2D eigenvalue weighted by atomic mass is 16.5. The second kappa shape index (κ2) is 9.17. The van der Waals surface area contributed by atoms with Crippen molar-refractivity contribution in [3.8, 4) is 5.75 Å². The summed E-state index contributed by atoms with van der Waals surface area (Å²) in [5.74, 6) is 1.38. The zero-order valence-corrected chi connectivity index (χ0v) is 14.3. The first-order chi connectivity index (χ1) is 12.8. The van der Waals surface area contributed by atoms with Gasteiger partial charge < -0.3 is 15.4 Å². The first-order valence-electron chi connectivity index (χ1n) is 8.36. The number of para-hydroxylation sites is 1. The van der Waals surface area contributed by atoms with Crippen LogP contribution in [0.4, 0.5) is 11.5 Å². The van der Waals surface area contributed by atoms with Gasteiger partial charge in [-0.1, -0.05) is 24.3 Å². The van der Waals surface area contributed by atoms with E-state index >= 15 is 0 Å². The number of nitrogens with one attached hydrogen (secondary N) is 2. The molecule has 2 aromatic heterocycles. The molecule has 3 aromatic rings. The molecule has 0 aliphatic rings. The van der Waals surface area contributed by atoms with Crippen molar-refractivity contribution in [2.45, 2.75) is 13.0 Å². The van der Waals surface area contributed by atoms with Crippen LogP contribution in [0.25, 0.3) is 0 Å². The van der Waals surface area contributed by atoms with Crippen molar-refractivity contribution in [2.24, 2.45) is 0 Å². The maximum Gasteiger partial charge on any atom is 0.227 e. The molecule has 0 atom stereocenters. The van der Waals surface area contributed by atoms with Crippen LogP contribution in [0.3, 0.4) is 0 Å². The Hall–Kier alpha value is -3.41. The van der Waals surface area contributed by atoms with E-state index in [9.17, 15) is 4.79 Å². The molecule has 3 rings (SSSR count). The third-order valence-electron chi connectivity index (χ3n) is 3.58. The number of carbonyl (C=O) groups excluding carboxylic acids is 1. The molecule has 2 N–H and O–H groups in total. The lowest BCUT2D eigenvalue weighted by atomic mass is 10.3. The fraction of sp³-hybridized carbons (Fsp3) is 0.150. The zero-order valence-electron chi connectivity index (χ0n) is 14.3. The van der Waals surface area contributed by atoms with Gasteiger partial charge in [-0.3, -0.25) is 9.78 Å². The Balaban J connectivity index is 1.41. The molecular formula is C20H20N4O2. The van der Waals surface area contributed by atoms with Crippen molar-refractivity contribution >= 4 is 17.4 Å². The van der Waals surface area contributed by atoms with E-state index in [4.69, 9.17) is 4.74 Å². The van der Waals surface area contributed by atoms with Crippen molar-refractivity contribution < 1.29 is 9.53 Å². The average Bonchev–Trinajstić information content (AvgIpc) is 2.69. The number of rotatable bonds is 8. The third kappa shape index (κ3) is 5.59. The molecule has 0 saturated carbocycles. The number of hydrogen-bond acceptors (Lipinski definition) is 5. The number of anilines is 2. The van der Waals surface area contributed by atoms with Gasteiger partial charge in [0.2, 0.25) is 5.91 Å². The number of benzene rings is 1. The molecule has 2 heterocycles. The van der Waals surface area contributed by atoms with E-state index in [0.717, 1.165) is 17.1 Å². The smallest absolute Gasteiger partial charge is 0.227 e. The Bertz CT molecular complexity index is 808. The van der Waals surface area contributed by atoms with Gasteiger partial charge in [-0.2, -0.15) is 0 Å². The maximum absolute atomic E-state index is 12.0. The van der Waals surface area contributed by atoms with Crippen molar-refractivity contribution in [2.75, 3.05) is 17.2 Å². The minimum absolute atomic E-state index is 0.112. The number of hydrogen-bond donors (Lipinski definition) is 2. The summed E-state index contributed by atoms with van der Waals surface area (Å²) in [6.07, 6.45) is 5.45. The van der Waals surface area contributed by atoms with Gasteiger partial charge in [0.05, 0.1) is 24.9 Å². The van der Waals surface area contributed by atoms with Crippen LogP contribution in [0.15, 0.2) is 73.2 Å². The summed E-state index contributed by atoms with van der Waals surface area (Å²) in [6.45, 7) is 0.970. The SMILES string of the molecule is O=C(CCOc1ccccc1)Nc1ccc(NCc2cccnc2)nc1. The lowest BCUT2D eigenvalue weighted by molar-refractivity contribution is -0.116. The Morgan fingerprint density at radius 2 is 1.88 bits per heavy atom. The van der Waals surface area contributed by atoms with Crippen molar-refractivity contribution in [3.63, 3.8) is 0 Å². The molecule has 1 amide bonds. The highest BCUT2D eigenvalue weighted by Crippen LogP contribution is 2.12. The number of ether oxygens (including phenoxy) is 1. The van der Waals surface area contributed by atoms with E-state index < -0.39 is 0 Å². The number of amides is 1. The molecule has 0 spiro atoms. The number of pyridine rings is 2. The molecule has 6 heteroatoms. The van der Waals surface area contributed by atoms with Crippen LogP contribution >= 0.6 is 0 Å². The van der Waals surface area contributed by atoms with Crippen LogP contribution < -0.4 is 15.4 Å². The summed E-state index contributed by atoms with van der Waals surface area (Å²) in [5.41, 5.74) is 1.73. The second-order valence-electron chi connectivity index (χ2n) is 5.61. The maximum atomic E-state index is 12.0. The van der Waals surface area contributed by atoms with Crippen LogP contribution in [0, 0.1) is 0 Å². The van der Waals surface area contributed by atoms with Gasteiger partial charge in [-0.05, 0) is 35.9 Å². The largest absolute Gasteiger partial charge is 0.493 e. The summed E-state index contributed by atoms with van der Waals surface area (Å²) in [7, 11) is 0. The number of nitrogens with zero attached hydrogens (tertiary/aromatic N) is 2. The van der Waals surface area contributed by atoms with E-state index in [1.807, 2.05) is 54.6 Å². The standard InChI is InChI=1S/C20H20N4O2/c25-20(10-12-26-18-6-2-1-3-7-18)24-17-8-9-19(23-15-17)22-14-16-5-4-11-21-13-16/h1-9,11,13,15H,10,12,14H2,(H,22,23)(H,24,25). The third-order valence-corrected chi connectivity index (χ3v) is 3.58. The van der Waals surface area contributed by atoms with Crippen molar-refractivity contribution in [1.82, 2.24) is 9.97 Å². The second-order valence-corrected chi connectivity index (χ2v) is 5.61. The molecule has 26 heavy (non-hydrogen) atoms. The normalized spacial score (nSPS) is 10.2. The van der Waals surface area contributed by atoms with Gasteiger partial charge in [0.1, 0.15) is 11.6 Å². The minimum Gasteiger partial charge on any atom is -0.493 e. The van der Waals surface area contributed by atoms with E-state index in [-0.39, 0.29) is 12.3 Å². The average molecular weight is 348 g/mol. The molecule has 0 saturated heterocycles. The van der Waals surface area contributed by atoms with Gasteiger partial charge in [0.15, 0.2) is 0 Å². The molecule has 0 unspecified atom stereocenters. The summed E-state index contributed by atoms with van der Waals surface area (Å²) in [4.78, 5) is 20.3. The quantitative estimate of drug-likeness (QED) is 0.652. The van der Waals surface area contributed by atoms with Gasteiger partial charge >= 0.3 is 0 Å². The highest BCUT2D eigenvalue weighted by molar-refractivity contribution is 5.90. The number of aromatic nitrogens is 2. The molecular weight excluding hydrogens is 328 g/mol. The van der Waals surface area contributed by atoms with Crippen molar-refractivity contribution in [3.05, 3.63) is 78.8 Å². The molecule has 6 nitrogen and oxygen atoms in total. The predicted octanol–water partition coefficient (Wildman–Crippen LogP) is 3.50. The predicted molar refractivity (Wildman–Crippen MR) is 101 cm³/mol. The van der Waals surface area contributed by atoms with E-state index in [1.165, 1.54) is 0 Å². The first kappa shape index (κ1) is 17.4. The molecule has 0 fully saturated rings.